The summed E-state index contributed by atoms with van der Waals surface area (Å²) in [4.78, 5) is 29.7. The Morgan fingerprint density at radius 2 is 1.48 bits per heavy atom. The van der Waals surface area contributed by atoms with Gasteiger partial charge in [-0.3, -0.25) is 14.5 Å². The zero-order chi connectivity index (χ0) is 28.6. The Bertz CT molecular complexity index is 1280. The molecule has 2 aromatic carbocycles. The van der Waals surface area contributed by atoms with Crippen molar-refractivity contribution in [3.63, 3.8) is 0 Å². The zero-order valence-corrected chi connectivity index (χ0v) is 23.5. The van der Waals surface area contributed by atoms with E-state index in [2.05, 4.69) is 5.32 Å². The molecule has 214 valence electrons. The quantitative estimate of drug-likeness (QED) is 0.348. The summed E-state index contributed by atoms with van der Waals surface area (Å²) in [6.07, 6.45) is 6.36. The maximum atomic E-state index is 14.2. The Kier molecular flexibility index (Phi) is 9.42. The van der Waals surface area contributed by atoms with Gasteiger partial charge in [0.1, 0.15) is 6.04 Å². The number of furan rings is 1. The summed E-state index contributed by atoms with van der Waals surface area (Å²) in [5.41, 5.74) is 0.856. The predicted octanol–water partition coefficient (Wildman–Crippen LogP) is 5.16. The molecule has 1 heterocycles. The smallest absolute Gasteiger partial charge is 0.294 e. The molecule has 4 rings (SSSR count). The van der Waals surface area contributed by atoms with Crippen molar-refractivity contribution in [1.29, 1.82) is 0 Å². The summed E-state index contributed by atoms with van der Waals surface area (Å²) >= 11 is 0. The summed E-state index contributed by atoms with van der Waals surface area (Å²) in [6.45, 7) is 0. The lowest BCUT2D eigenvalue weighted by Crippen LogP contribution is -2.47. The summed E-state index contributed by atoms with van der Waals surface area (Å²) in [6, 6.07) is 10.4. The van der Waals surface area contributed by atoms with Gasteiger partial charge in [0, 0.05) is 17.8 Å². The molecule has 1 atom stereocenters. The average molecular weight is 553 g/mol. The van der Waals surface area contributed by atoms with E-state index >= 15 is 0 Å². The molecule has 1 aromatic heterocycles. The van der Waals surface area contributed by atoms with Gasteiger partial charge in [0.25, 0.3) is 5.91 Å². The molecule has 1 N–H and O–H groups in total. The molecular weight excluding hydrogens is 516 g/mol. The van der Waals surface area contributed by atoms with Crippen LogP contribution in [0.2, 0.25) is 0 Å². The van der Waals surface area contributed by atoms with Crippen LogP contribution in [0.4, 0.5) is 5.69 Å². The topological polar surface area (TPSA) is 109 Å². The van der Waals surface area contributed by atoms with Crippen molar-refractivity contribution in [3.05, 3.63) is 60.1 Å². The van der Waals surface area contributed by atoms with Crippen molar-refractivity contribution < 1.29 is 37.7 Å². The zero-order valence-electron chi connectivity index (χ0n) is 23.5. The third-order valence-corrected chi connectivity index (χ3v) is 7.06. The standard InChI is InChI=1S/C30H36N2O8/c1-35-22-14-13-21(18-24(22)36-2)32(30(34)23-12-9-15-40-23)27(29(33)31-20-10-7-6-8-11-20)19-16-25(37-3)28(39-5)26(17-19)38-4/h9,12-18,20,27H,6-8,10-11H2,1-5H3,(H,31,33)/t27-/m1/s1. The molecule has 0 spiro atoms. The maximum absolute atomic E-state index is 14.2. The molecule has 1 aliphatic rings. The summed E-state index contributed by atoms with van der Waals surface area (Å²) < 4.78 is 33.1. The van der Waals surface area contributed by atoms with Gasteiger partial charge in [0.15, 0.2) is 28.8 Å². The molecule has 40 heavy (non-hydrogen) atoms. The Labute approximate surface area is 234 Å². The second-order valence-electron chi connectivity index (χ2n) is 9.40. The highest BCUT2D eigenvalue weighted by molar-refractivity contribution is 6.09. The average Bonchev–Trinajstić information content (AvgIpc) is 3.54. The molecule has 3 aromatic rings. The van der Waals surface area contributed by atoms with Gasteiger partial charge in [-0.1, -0.05) is 19.3 Å². The number of amides is 2. The van der Waals surface area contributed by atoms with Crippen molar-refractivity contribution in [2.24, 2.45) is 0 Å². The van der Waals surface area contributed by atoms with Gasteiger partial charge in [-0.25, -0.2) is 0 Å². The van der Waals surface area contributed by atoms with Crippen LogP contribution in [0.15, 0.2) is 53.1 Å². The number of benzene rings is 2. The maximum Gasteiger partial charge on any atom is 0.294 e. The van der Waals surface area contributed by atoms with Crippen LogP contribution in [0.3, 0.4) is 0 Å². The monoisotopic (exact) mass is 552 g/mol. The van der Waals surface area contributed by atoms with E-state index in [1.807, 2.05) is 0 Å². The fourth-order valence-corrected chi connectivity index (χ4v) is 5.08. The predicted molar refractivity (Wildman–Crippen MR) is 149 cm³/mol. The Morgan fingerprint density at radius 1 is 0.825 bits per heavy atom. The third-order valence-electron chi connectivity index (χ3n) is 7.06. The summed E-state index contributed by atoms with van der Waals surface area (Å²) in [5, 5.41) is 3.19. The molecule has 0 bridgehead atoms. The van der Waals surface area contributed by atoms with Crippen molar-refractivity contribution in [3.8, 4) is 28.7 Å². The molecule has 0 aliphatic heterocycles. The minimum absolute atomic E-state index is 0.00300. The van der Waals surface area contributed by atoms with E-state index < -0.39 is 11.9 Å². The normalized spacial score (nSPS) is 14.1. The fraction of sp³-hybridized carbons (Fsp3) is 0.400. The van der Waals surface area contributed by atoms with Crippen LogP contribution in [-0.4, -0.2) is 53.4 Å². The van der Waals surface area contributed by atoms with E-state index in [0.717, 1.165) is 32.1 Å². The van der Waals surface area contributed by atoms with Crippen molar-refractivity contribution in [2.45, 2.75) is 44.2 Å². The minimum Gasteiger partial charge on any atom is -0.493 e. The number of hydrogen-bond donors (Lipinski definition) is 1. The molecule has 1 saturated carbocycles. The molecule has 0 radical (unpaired) electrons. The van der Waals surface area contributed by atoms with Gasteiger partial charge in [-0.05, 0) is 54.8 Å². The second-order valence-corrected chi connectivity index (χ2v) is 9.40. The molecule has 2 amide bonds. The van der Waals surface area contributed by atoms with E-state index in [1.54, 1.807) is 42.5 Å². The van der Waals surface area contributed by atoms with Crippen molar-refractivity contribution in [2.75, 3.05) is 40.4 Å². The summed E-state index contributed by atoms with van der Waals surface area (Å²) in [7, 11) is 7.53. The number of carbonyl (C=O) groups excluding carboxylic acids is 2. The Morgan fingerprint density at radius 3 is 2.02 bits per heavy atom. The number of rotatable bonds is 11. The highest BCUT2D eigenvalue weighted by Gasteiger charge is 2.37. The van der Waals surface area contributed by atoms with Crippen molar-refractivity contribution >= 4 is 17.5 Å². The van der Waals surface area contributed by atoms with E-state index in [4.69, 9.17) is 28.1 Å². The van der Waals surface area contributed by atoms with Crippen LogP contribution in [0.5, 0.6) is 28.7 Å². The number of nitrogens with zero attached hydrogens (tertiary/aromatic N) is 1. The first-order valence-corrected chi connectivity index (χ1v) is 13.1. The number of nitrogens with one attached hydrogen (secondary N) is 1. The van der Waals surface area contributed by atoms with E-state index in [-0.39, 0.29) is 17.7 Å². The lowest BCUT2D eigenvalue weighted by molar-refractivity contribution is -0.123. The van der Waals surface area contributed by atoms with Crippen LogP contribution in [0.25, 0.3) is 0 Å². The molecule has 1 fully saturated rings. The van der Waals surface area contributed by atoms with Crippen LogP contribution in [0.1, 0.15) is 54.3 Å². The number of carbonyl (C=O) groups is 2. The number of ether oxygens (including phenoxy) is 5. The molecule has 0 unspecified atom stereocenters. The lowest BCUT2D eigenvalue weighted by Gasteiger charge is -2.33. The van der Waals surface area contributed by atoms with Crippen LogP contribution in [0, 0.1) is 0 Å². The number of hydrogen-bond acceptors (Lipinski definition) is 8. The first-order chi connectivity index (χ1) is 19.4. The molecule has 1 aliphatic carbocycles. The summed E-state index contributed by atoms with van der Waals surface area (Å²) in [5.74, 6) is 1.15. The lowest BCUT2D eigenvalue weighted by atomic mass is 9.94. The molecule has 10 nitrogen and oxygen atoms in total. The van der Waals surface area contributed by atoms with Crippen LogP contribution < -0.4 is 33.9 Å². The van der Waals surface area contributed by atoms with E-state index in [9.17, 15) is 9.59 Å². The minimum atomic E-state index is -1.13. The SMILES string of the molecule is COc1ccc(N(C(=O)c2ccco2)[C@@H](C(=O)NC2CCCCC2)c2cc(OC)c(OC)c(OC)c2)cc1OC. The van der Waals surface area contributed by atoms with Crippen molar-refractivity contribution in [1.82, 2.24) is 5.32 Å². The largest absolute Gasteiger partial charge is 0.493 e. The fourth-order valence-electron chi connectivity index (χ4n) is 5.08. The van der Waals surface area contributed by atoms with Gasteiger partial charge >= 0.3 is 0 Å². The molecule has 10 heteroatoms. The Balaban J connectivity index is 1.93. The number of anilines is 1. The van der Waals surface area contributed by atoms with Gasteiger partial charge in [-0.15, -0.1) is 0 Å². The second kappa shape index (κ2) is 13.1. The Hall–Kier alpha value is -4.34. The third kappa shape index (κ3) is 5.95. The van der Waals surface area contributed by atoms with Gasteiger partial charge in [0.05, 0.1) is 41.8 Å². The number of methoxy groups -OCH3 is 5. The van der Waals surface area contributed by atoms with Gasteiger partial charge in [0.2, 0.25) is 11.7 Å². The van der Waals surface area contributed by atoms with E-state index in [1.165, 1.54) is 46.7 Å². The first-order valence-electron chi connectivity index (χ1n) is 13.1. The van der Waals surface area contributed by atoms with Crippen LogP contribution >= 0.6 is 0 Å². The van der Waals surface area contributed by atoms with E-state index in [0.29, 0.717) is 40.0 Å². The first kappa shape index (κ1) is 28.7. The van der Waals surface area contributed by atoms with Gasteiger partial charge < -0.3 is 33.4 Å². The highest BCUT2D eigenvalue weighted by Crippen LogP contribution is 2.43. The van der Waals surface area contributed by atoms with Gasteiger partial charge in [-0.2, -0.15) is 0 Å². The highest BCUT2D eigenvalue weighted by atomic mass is 16.5. The molecular formula is C30H36N2O8. The van der Waals surface area contributed by atoms with Crippen LogP contribution in [-0.2, 0) is 4.79 Å². The molecule has 0 saturated heterocycles.